The van der Waals surface area contributed by atoms with Gasteiger partial charge in [0.2, 0.25) is 0 Å². The molecule has 0 amide bonds. The molecule has 0 aliphatic carbocycles. The van der Waals surface area contributed by atoms with Gasteiger partial charge in [-0.05, 0) is 47.2 Å². The molecule has 0 saturated carbocycles. The van der Waals surface area contributed by atoms with E-state index in [0.717, 1.165) is 26.5 Å². The molecule has 0 heterocycles. The van der Waals surface area contributed by atoms with Crippen LogP contribution in [0.4, 0.5) is 4.39 Å². The lowest BCUT2D eigenvalue weighted by Gasteiger charge is -2.16. The van der Waals surface area contributed by atoms with Crippen molar-refractivity contribution in [3.05, 3.63) is 81.6 Å². The minimum absolute atomic E-state index is 0.217. The van der Waals surface area contributed by atoms with Crippen LogP contribution >= 0.6 is 27.5 Å². The van der Waals surface area contributed by atoms with Gasteiger partial charge in [0, 0.05) is 9.86 Å². The molecular formula is C18H13BrClF. The number of hydrogen-bond donors (Lipinski definition) is 0. The lowest BCUT2D eigenvalue weighted by molar-refractivity contribution is 0.639. The fraction of sp³-hybridized carbons (Fsp3) is 0.111. The summed E-state index contributed by atoms with van der Waals surface area (Å²) in [5, 5.41) is 1.17. The summed E-state index contributed by atoms with van der Waals surface area (Å²) in [5.74, 6) is -0.217. The summed E-state index contributed by atoms with van der Waals surface area (Å²) in [6.45, 7) is 2.03. The molecule has 0 fully saturated rings. The minimum Gasteiger partial charge on any atom is -0.206 e. The summed E-state index contributed by atoms with van der Waals surface area (Å²) >= 11 is 10.1. The van der Waals surface area contributed by atoms with E-state index in [1.54, 1.807) is 12.1 Å². The second-order valence-corrected chi connectivity index (χ2v) is 6.40. The number of alkyl halides is 1. The molecule has 0 N–H and O–H groups in total. The van der Waals surface area contributed by atoms with Crippen LogP contribution in [0.1, 0.15) is 22.1 Å². The Labute approximate surface area is 136 Å². The lowest BCUT2D eigenvalue weighted by Crippen LogP contribution is -1.98. The molecule has 0 spiro atoms. The van der Waals surface area contributed by atoms with Gasteiger partial charge in [-0.2, -0.15) is 0 Å². The van der Waals surface area contributed by atoms with Gasteiger partial charge < -0.3 is 0 Å². The number of halogens is 3. The molecule has 0 radical (unpaired) electrons. The average Bonchev–Trinajstić information content (AvgIpc) is 2.47. The molecule has 0 nitrogen and oxygen atoms in total. The maximum Gasteiger partial charge on any atom is 0.131 e. The van der Waals surface area contributed by atoms with Crippen molar-refractivity contribution in [2.75, 3.05) is 0 Å². The maximum absolute atomic E-state index is 13.9. The van der Waals surface area contributed by atoms with Crippen molar-refractivity contribution in [3.8, 4) is 0 Å². The van der Waals surface area contributed by atoms with Gasteiger partial charge in [-0.3, -0.25) is 0 Å². The fourth-order valence-corrected chi connectivity index (χ4v) is 3.51. The summed E-state index contributed by atoms with van der Waals surface area (Å²) in [7, 11) is 0. The maximum atomic E-state index is 13.9. The molecule has 3 rings (SSSR count). The highest BCUT2D eigenvalue weighted by Crippen LogP contribution is 2.36. The first-order chi connectivity index (χ1) is 10.1. The standard InChI is InChI=1S/C18H13BrClF/c1-11-10-12(19)6-7-13(11)18(20)16-8-9-17(21)15-5-3-2-4-14(15)16/h2-10,18H,1H3. The van der Waals surface area contributed by atoms with Gasteiger partial charge in [-0.1, -0.05) is 52.3 Å². The zero-order valence-corrected chi connectivity index (χ0v) is 13.7. The van der Waals surface area contributed by atoms with Crippen LogP contribution in [0, 0.1) is 12.7 Å². The van der Waals surface area contributed by atoms with Crippen LogP contribution in [0.25, 0.3) is 10.8 Å². The van der Waals surface area contributed by atoms with E-state index in [1.165, 1.54) is 6.07 Å². The molecule has 1 unspecified atom stereocenters. The SMILES string of the molecule is Cc1cc(Br)ccc1C(Cl)c1ccc(F)c2ccccc12. The van der Waals surface area contributed by atoms with Gasteiger partial charge in [0.1, 0.15) is 5.82 Å². The largest absolute Gasteiger partial charge is 0.206 e. The molecule has 1 atom stereocenters. The molecule has 0 bridgehead atoms. The highest BCUT2D eigenvalue weighted by molar-refractivity contribution is 9.10. The number of hydrogen-bond acceptors (Lipinski definition) is 0. The van der Waals surface area contributed by atoms with Gasteiger partial charge in [0.15, 0.2) is 0 Å². The molecule has 106 valence electrons. The van der Waals surface area contributed by atoms with E-state index in [4.69, 9.17) is 11.6 Å². The van der Waals surface area contributed by atoms with Gasteiger partial charge in [0.05, 0.1) is 5.38 Å². The molecule has 0 aromatic heterocycles. The van der Waals surface area contributed by atoms with E-state index in [9.17, 15) is 4.39 Å². The van der Waals surface area contributed by atoms with E-state index in [0.29, 0.717) is 5.39 Å². The third kappa shape index (κ3) is 2.70. The zero-order chi connectivity index (χ0) is 15.0. The Bertz CT molecular complexity index is 813. The smallest absolute Gasteiger partial charge is 0.131 e. The van der Waals surface area contributed by atoms with E-state index in [1.807, 2.05) is 43.3 Å². The first-order valence-corrected chi connectivity index (χ1v) is 7.88. The summed E-state index contributed by atoms with van der Waals surface area (Å²) < 4.78 is 14.9. The number of fused-ring (bicyclic) bond motifs is 1. The fourth-order valence-electron chi connectivity index (χ4n) is 2.60. The van der Waals surface area contributed by atoms with E-state index < -0.39 is 0 Å². The number of rotatable bonds is 2. The average molecular weight is 364 g/mol. The Balaban J connectivity index is 2.18. The molecule has 0 aliphatic heterocycles. The van der Waals surface area contributed by atoms with Gasteiger partial charge in [0.25, 0.3) is 0 Å². The van der Waals surface area contributed by atoms with Gasteiger partial charge >= 0.3 is 0 Å². The Kier molecular flexibility index (Phi) is 4.01. The highest BCUT2D eigenvalue weighted by atomic mass is 79.9. The zero-order valence-electron chi connectivity index (χ0n) is 11.4. The van der Waals surface area contributed by atoms with E-state index in [-0.39, 0.29) is 11.2 Å². The topological polar surface area (TPSA) is 0 Å². The van der Waals surface area contributed by atoms with Gasteiger partial charge in [-0.25, -0.2) is 4.39 Å². The van der Waals surface area contributed by atoms with Crippen molar-refractivity contribution in [3.63, 3.8) is 0 Å². The van der Waals surface area contributed by atoms with Crippen LogP contribution in [0.3, 0.4) is 0 Å². The molecule has 0 saturated heterocycles. The van der Waals surface area contributed by atoms with Crippen molar-refractivity contribution >= 4 is 38.3 Å². The molecule has 21 heavy (non-hydrogen) atoms. The third-order valence-corrected chi connectivity index (χ3v) is 4.65. The minimum atomic E-state index is -0.302. The Hall–Kier alpha value is -1.38. The van der Waals surface area contributed by atoms with Crippen LogP contribution in [0.2, 0.25) is 0 Å². The number of benzene rings is 3. The molecule has 3 heteroatoms. The monoisotopic (exact) mass is 362 g/mol. The quantitative estimate of drug-likeness (QED) is 0.463. The predicted octanol–water partition coefficient (Wildman–Crippen LogP) is 6.38. The van der Waals surface area contributed by atoms with Crippen LogP contribution in [-0.2, 0) is 0 Å². The summed E-state index contributed by atoms with van der Waals surface area (Å²) in [6.07, 6.45) is 0. The summed E-state index contributed by atoms with van der Waals surface area (Å²) in [5.41, 5.74) is 3.08. The lowest BCUT2D eigenvalue weighted by atomic mass is 9.95. The Morgan fingerprint density at radius 1 is 0.952 bits per heavy atom. The summed E-state index contributed by atoms with van der Waals surface area (Å²) in [4.78, 5) is 0. The van der Waals surface area contributed by atoms with Crippen molar-refractivity contribution in [2.45, 2.75) is 12.3 Å². The van der Waals surface area contributed by atoms with Crippen molar-refractivity contribution < 1.29 is 4.39 Å². The molecule has 3 aromatic rings. The van der Waals surface area contributed by atoms with Crippen LogP contribution in [0.15, 0.2) is 59.1 Å². The Morgan fingerprint density at radius 2 is 1.62 bits per heavy atom. The van der Waals surface area contributed by atoms with Gasteiger partial charge in [-0.15, -0.1) is 11.6 Å². The number of aryl methyl sites for hydroxylation is 1. The van der Waals surface area contributed by atoms with Crippen LogP contribution in [-0.4, -0.2) is 0 Å². The van der Waals surface area contributed by atoms with Crippen molar-refractivity contribution in [1.29, 1.82) is 0 Å². The second kappa shape index (κ2) is 5.78. The van der Waals surface area contributed by atoms with Crippen LogP contribution in [0.5, 0.6) is 0 Å². The third-order valence-electron chi connectivity index (χ3n) is 3.68. The van der Waals surface area contributed by atoms with E-state index >= 15 is 0 Å². The first kappa shape index (κ1) is 14.6. The molecule has 0 aliphatic rings. The van der Waals surface area contributed by atoms with Crippen molar-refractivity contribution in [2.24, 2.45) is 0 Å². The Morgan fingerprint density at radius 3 is 2.33 bits per heavy atom. The molecular weight excluding hydrogens is 351 g/mol. The van der Waals surface area contributed by atoms with Crippen LogP contribution < -0.4 is 0 Å². The summed E-state index contributed by atoms with van der Waals surface area (Å²) in [6, 6.07) is 16.7. The second-order valence-electron chi connectivity index (χ2n) is 5.05. The van der Waals surface area contributed by atoms with Crippen molar-refractivity contribution in [1.82, 2.24) is 0 Å². The predicted molar refractivity (Wildman–Crippen MR) is 90.5 cm³/mol. The molecule has 3 aromatic carbocycles. The highest BCUT2D eigenvalue weighted by Gasteiger charge is 2.17. The normalized spacial score (nSPS) is 12.6. The first-order valence-electron chi connectivity index (χ1n) is 6.65. The van der Waals surface area contributed by atoms with E-state index in [2.05, 4.69) is 15.9 Å².